The minimum Gasteiger partial charge on any atom is -0.444 e. The first kappa shape index (κ1) is 29.2. The molecule has 1 saturated carbocycles. The van der Waals surface area contributed by atoms with E-state index in [0.717, 1.165) is 30.2 Å². The summed E-state index contributed by atoms with van der Waals surface area (Å²) in [6.45, 7) is 11.8. The zero-order chi connectivity index (χ0) is 30.1. The van der Waals surface area contributed by atoms with Gasteiger partial charge in [0.25, 0.3) is 0 Å². The fourth-order valence-corrected chi connectivity index (χ4v) is 5.97. The summed E-state index contributed by atoms with van der Waals surface area (Å²) in [6.07, 6.45) is 2.79. The zero-order valence-electron chi connectivity index (χ0n) is 24.4. The minimum atomic E-state index is -1.12. The number of rotatable bonds is 3. The Labute approximate surface area is 242 Å². The molecule has 3 aromatic rings. The minimum absolute atomic E-state index is 0.0470. The molecule has 0 bridgehead atoms. The fourth-order valence-electron chi connectivity index (χ4n) is 5.71. The number of halogens is 3. The number of carbonyl (C=O) groups excluding carboxylic acids is 2. The van der Waals surface area contributed by atoms with Gasteiger partial charge in [0.05, 0.1) is 38.9 Å². The number of aromatic amines is 1. The van der Waals surface area contributed by atoms with E-state index in [1.807, 2.05) is 20.8 Å². The van der Waals surface area contributed by atoms with E-state index < -0.39 is 35.0 Å². The second kappa shape index (κ2) is 9.89. The molecule has 2 aromatic heterocycles. The third kappa shape index (κ3) is 5.60. The molecule has 1 aliphatic carbocycles. The van der Waals surface area contributed by atoms with Crippen LogP contribution in [0.4, 0.5) is 29.7 Å². The molecule has 2 atom stereocenters. The van der Waals surface area contributed by atoms with Gasteiger partial charge in [0.15, 0.2) is 11.6 Å². The normalized spacial score (nSPS) is 20.9. The van der Waals surface area contributed by atoms with Gasteiger partial charge in [-0.2, -0.15) is 0 Å². The summed E-state index contributed by atoms with van der Waals surface area (Å²) >= 11 is 6.71. The lowest BCUT2D eigenvalue weighted by Gasteiger charge is -2.36. The lowest BCUT2D eigenvalue weighted by atomic mass is 9.93. The second-order valence-corrected chi connectivity index (χ2v) is 13.5. The summed E-state index contributed by atoms with van der Waals surface area (Å²) in [6, 6.07) is 0.896. The van der Waals surface area contributed by atoms with Crippen LogP contribution in [0, 0.1) is 17.0 Å². The Morgan fingerprint density at radius 2 is 1.85 bits per heavy atom. The number of carbonyl (C=O) groups is 2. The van der Waals surface area contributed by atoms with Crippen molar-refractivity contribution in [2.24, 2.45) is 5.41 Å². The molecule has 3 heterocycles. The molecule has 41 heavy (non-hydrogen) atoms. The predicted octanol–water partition coefficient (Wildman–Crippen LogP) is 6.90. The molecule has 5 rings (SSSR count). The molecule has 9 nitrogen and oxygen atoms in total. The van der Waals surface area contributed by atoms with E-state index in [0.29, 0.717) is 34.8 Å². The number of H-pyrrole nitrogens is 1. The van der Waals surface area contributed by atoms with Crippen molar-refractivity contribution in [1.82, 2.24) is 15.3 Å². The summed E-state index contributed by atoms with van der Waals surface area (Å²) in [5, 5.41) is 3.56. The number of nitrogens with zero attached hydrogens (tertiary/aromatic N) is 3. The molecule has 2 aliphatic rings. The number of hydrogen-bond donors (Lipinski definition) is 2. The summed E-state index contributed by atoms with van der Waals surface area (Å²) < 4.78 is 41.6. The fraction of sp³-hybridized carbons (Fsp3) is 0.552. The van der Waals surface area contributed by atoms with Crippen LogP contribution >= 0.6 is 11.6 Å². The van der Waals surface area contributed by atoms with Gasteiger partial charge in [-0.15, -0.1) is 0 Å². The number of nitrogens with one attached hydrogen (secondary N) is 2. The first-order chi connectivity index (χ1) is 19.0. The average molecular weight is 592 g/mol. The molecule has 2 N–H and O–H groups in total. The van der Waals surface area contributed by atoms with E-state index >= 15 is 8.78 Å². The number of anilines is 2. The Morgan fingerprint density at radius 3 is 2.51 bits per heavy atom. The number of hydrogen-bond acceptors (Lipinski definition) is 6. The lowest BCUT2D eigenvalue weighted by Crippen LogP contribution is -2.42. The van der Waals surface area contributed by atoms with E-state index in [1.165, 1.54) is 13.2 Å². The van der Waals surface area contributed by atoms with Crippen LogP contribution < -0.4 is 15.1 Å². The number of benzene rings is 1. The number of alkyl carbamates (subject to hydrolysis) is 1. The number of ether oxygens (including phenoxy) is 2. The van der Waals surface area contributed by atoms with E-state index in [9.17, 15) is 9.59 Å². The van der Waals surface area contributed by atoms with Crippen molar-refractivity contribution >= 4 is 57.1 Å². The summed E-state index contributed by atoms with van der Waals surface area (Å²) in [5.74, 6) is -2.19. The van der Waals surface area contributed by atoms with Gasteiger partial charge in [-0.25, -0.2) is 23.4 Å². The number of piperidine rings is 1. The van der Waals surface area contributed by atoms with Crippen molar-refractivity contribution in [1.29, 1.82) is 0 Å². The summed E-state index contributed by atoms with van der Waals surface area (Å²) in [5.41, 5.74) is -0.438. The SMILES string of the molecule is CN(C(=O)OC(C)(C)C)c1cc(F)c(F)c2c1[nH]c1ncc(Cl)c(N3CCC[C@]4(C[C@@H]4NC(=O)OC(C)(C)C)C3)c12. The number of aromatic nitrogens is 2. The third-order valence-corrected chi connectivity index (χ3v) is 7.81. The number of amides is 2. The molecule has 1 aliphatic heterocycles. The molecular formula is C29H36ClF2N5O4. The number of pyridine rings is 1. The highest BCUT2D eigenvalue weighted by Crippen LogP contribution is 2.54. The topological polar surface area (TPSA) is 99.8 Å². The van der Waals surface area contributed by atoms with Crippen LogP contribution in [0.1, 0.15) is 60.8 Å². The molecule has 0 unspecified atom stereocenters. The summed E-state index contributed by atoms with van der Waals surface area (Å²) in [7, 11) is 1.44. The Balaban J connectivity index is 1.54. The van der Waals surface area contributed by atoms with Gasteiger partial charge in [0, 0.05) is 37.7 Å². The molecular weight excluding hydrogens is 556 g/mol. The van der Waals surface area contributed by atoms with Gasteiger partial charge < -0.3 is 24.7 Å². The third-order valence-electron chi connectivity index (χ3n) is 7.53. The van der Waals surface area contributed by atoms with Gasteiger partial charge in [-0.05, 0) is 60.8 Å². The molecule has 2 fully saturated rings. The van der Waals surface area contributed by atoms with Crippen LogP contribution in [0.25, 0.3) is 21.9 Å². The van der Waals surface area contributed by atoms with Crippen LogP contribution in [-0.4, -0.2) is 59.5 Å². The van der Waals surface area contributed by atoms with E-state index in [1.54, 1.807) is 20.8 Å². The maximum Gasteiger partial charge on any atom is 0.414 e. The Kier molecular flexibility index (Phi) is 7.03. The van der Waals surface area contributed by atoms with Crippen LogP contribution in [0.5, 0.6) is 0 Å². The second-order valence-electron chi connectivity index (χ2n) is 13.1. The largest absolute Gasteiger partial charge is 0.444 e. The lowest BCUT2D eigenvalue weighted by molar-refractivity contribution is 0.0513. The monoisotopic (exact) mass is 591 g/mol. The molecule has 1 saturated heterocycles. The molecule has 12 heteroatoms. The maximum absolute atomic E-state index is 15.6. The van der Waals surface area contributed by atoms with Crippen molar-refractivity contribution in [3.05, 3.63) is 28.9 Å². The molecule has 1 spiro atoms. The standard InChI is InChI=1S/C29H36ClF2N5O4/c1-27(2,3)40-25(38)34-18-12-29(18)9-8-10-37(14-29)23-15(30)13-33-24-20(23)19-21(32)16(31)11-17(22(19)35-24)36(7)26(39)41-28(4,5)6/h11,13,18H,8-10,12,14H2,1-7H3,(H,33,35)(H,34,38)/t18-,29-/m0/s1. The van der Waals surface area contributed by atoms with Gasteiger partial charge in [-0.1, -0.05) is 11.6 Å². The van der Waals surface area contributed by atoms with Crippen molar-refractivity contribution in [3.63, 3.8) is 0 Å². The van der Waals surface area contributed by atoms with Gasteiger partial charge >= 0.3 is 12.2 Å². The van der Waals surface area contributed by atoms with Gasteiger partial charge in [0.1, 0.15) is 16.8 Å². The van der Waals surface area contributed by atoms with E-state index in [2.05, 4.69) is 20.2 Å². The first-order valence-corrected chi connectivity index (χ1v) is 14.1. The van der Waals surface area contributed by atoms with Crippen molar-refractivity contribution in [2.45, 2.75) is 78.0 Å². The first-order valence-electron chi connectivity index (χ1n) is 13.7. The quantitative estimate of drug-likeness (QED) is 0.344. The van der Waals surface area contributed by atoms with Gasteiger partial charge in [-0.3, -0.25) is 4.90 Å². The Bertz CT molecular complexity index is 1550. The highest BCUT2D eigenvalue weighted by atomic mass is 35.5. The van der Waals surface area contributed by atoms with Crippen molar-refractivity contribution in [3.8, 4) is 0 Å². The predicted molar refractivity (Wildman–Crippen MR) is 155 cm³/mol. The average Bonchev–Trinajstić information content (AvgIpc) is 3.31. The summed E-state index contributed by atoms with van der Waals surface area (Å²) in [4.78, 5) is 35.9. The van der Waals surface area contributed by atoms with Crippen LogP contribution in [0.2, 0.25) is 5.02 Å². The molecule has 2 amide bonds. The Hall–Kier alpha value is -3.34. The van der Waals surface area contributed by atoms with Crippen LogP contribution in [0.3, 0.4) is 0 Å². The smallest absolute Gasteiger partial charge is 0.414 e. The highest BCUT2D eigenvalue weighted by Gasteiger charge is 2.57. The van der Waals surface area contributed by atoms with Crippen LogP contribution in [0.15, 0.2) is 12.3 Å². The van der Waals surface area contributed by atoms with E-state index in [-0.39, 0.29) is 28.0 Å². The molecule has 222 valence electrons. The maximum atomic E-state index is 15.6. The van der Waals surface area contributed by atoms with Crippen LogP contribution in [-0.2, 0) is 9.47 Å². The van der Waals surface area contributed by atoms with Crippen molar-refractivity contribution < 1.29 is 27.8 Å². The Morgan fingerprint density at radius 1 is 1.17 bits per heavy atom. The molecule has 1 aromatic carbocycles. The zero-order valence-corrected chi connectivity index (χ0v) is 25.1. The van der Waals surface area contributed by atoms with E-state index in [4.69, 9.17) is 21.1 Å². The van der Waals surface area contributed by atoms with Gasteiger partial charge in [0.2, 0.25) is 0 Å². The van der Waals surface area contributed by atoms with Crippen molar-refractivity contribution in [2.75, 3.05) is 29.9 Å². The highest BCUT2D eigenvalue weighted by molar-refractivity contribution is 6.36. The molecule has 0 radical (unpaired) electrons. The number of fused-ring (bicyclic) bond motifs is 3.